The minimum absolute atomic E-state index is 0.261. The van der Waals surface area contributed by atoms with Gasteiger partial charge in [0, 0.05) is 16.7 Å². The van der Waals surface area contributed by atoms with E-state index >= 15 is 0 Å². The summed E-state index contributed by atoms with van der Waals surface area (Å²) in [4.78, 5) is 20.1. The summed E-state index contributed by atoms with van der Waals surface area (Å²) < 4.78 is 0. The van der Waals surface area contributed by atoms with Crippen LogP contribution in [0, 0.1) is 6.92 Å². The molecular weight excluding hydrogens is 338 g/mol. The van der Waals surface area contributed by atoms with Crippen LogP contribution < -0.4 is 5.32 Å². The number of hydrogen-bond donors (Lipinski definition) is 3. The second-order valence-electron chi connectivity index (χ2n) is 5.64. The fourth-order valence-electron chi connectivity index (χ4n) is 2.62. The molecule has 0 saturated carbocycles. The van der Waals surface area contributed by atoms with E-state index in [0.717, 1.165) is 16.6 Å². The van der Waals surface area contributed by atoms with Gasteiger partial charge in [-0.1, -0.05) is 29.8 Å². The Hall–Kier alpha value is -3.12. The number of aromatic amines is 2. The molecular formula is C18H14ClN5O. The molecule has 0 aliphatic rings. The fourth-order valence-corrected chi connectivity index (χ4v) is 2.80. The van der Waals surface area contributed by atoms with Crippen LogP contribution >= 0.6 is 11.6 Å². The SMILES string of the molecule is Cc1c(Cl)cccc1C(=O)Nc1cc(-c2nc3ccccc3[nH]2)[nH]n1. The summed E-state index contributed by atoms with van der Waals surface area (Å²) >= 11 is 6.07. The first-order valence-corrected chi connectivity index (χ1v) is 8.06. The molecule has 0 saturated heterocycles. The average molecular weight is 352 g/mol. The average Bonchev–Trinajstić information content (AvgIpc) is 3.23. The van der Waals surface area contributed by atoms with Gasteiger partial charge in [0.15, 0.2) is 11.6 Å². The lowest BCUT2D eigenvalue weighted by molar-refractivity contribution is 0.102. The predicted octanol–water partition coefficient (Wildman–Crippen LogP) is 4.17. The number of hydrogen-bond acceptors (Lipinski definition) is 3. The van der Waals surface area contributed by atoms with Crippen LogP contribution in [0.4, 0.5) is 5.82 Å². The van der Waals surface area contributed by atoms with E-state index in [2.05, 4.69) is 25.5 Å². The number of carbonyl (C=O) groups is 1. The summed E-state index contributed by atoms with van der Waals surface area (Å²) in [6, 6.07) is 14.7. The third kappa shape index (κ3) is 2.88. The van der Waals surface area contributed by atoms with Gasteiger partial charge in [0.25, 0.3) is 5.91 Å². The highest BCUT2D eigenvalue weighted by atomic mass is 35.5. The zero-order valence-electron chi connectivity index (χ0n) is 13.3. The van der Waals surface area contributed by atoms with Gasteiger partial charge in [-0.25, -0.2) is 4.98 Å². The lowest BCUT2D eigenvalue weighted by Gasteiger charge is -2.06. The zero-order valence-corrected chi connectivity index (χ0v) is 14.1. The molecule has 2 heterocycles. The summed E-state index contributed by atoms with van der Waals surface area (Å²) in [5.41, 5.74) is 3.74. The van der Waals surface area contributed by atoms with E-state index in [0.29, 0.717) is 27.9 Å². The Labute approximate surface area is 148 Å². The van der Waals surface area contributed by atoms with Crippen molar-refractivity contribution in [3.05, 3.63) is 64.7 Å². The number of amides is 1. The van der Waals surface area contributed by atoms with Gasteiger partial charge >= 0.3 is 0 Å². The first-order chi connectivity index (χ1) is 12.1. The number of imidazole rings is 1. The van der Waals surface area contributed by atoms with Gasteiger partial charge in [0.2, 0.25) is 0 Å². The van der Waals surface area contributed by atoms with Crippen LogP contribution in [0.15, 0.2) is 48.5 Å². The molecule has 25 heavy (non-hydrogen) atoms. The van der Waals surface area contributed by atoms with Crippen LogP contribution in [0.2, 0.25) is 5.02 Å². The fraction of sp³-hybridized carbons (Fsp3) is 0.0556. The molecule has 2 aromatic heterocycles. The molecule has 6 nitrogen and oxygen atoms in total. The molecule has 0 bridgehead atoms. The van der Waals surface area contributed by atoms with Gasteiger partial charge in [-0.3, -0.25) is 9.89 Å². The van der Waals surface area contributed by atoms with Crippen LogP contribution in [0.3, 0.4) is 0 Å². The molecule has 2 aromatic carbocycles. The van der Waals surface area contributed by atoms with Crippen molar-refractivity contribution in [2.24, 2.45) is 0 Å². The quantitative estimate of drug-likeness (QED) is 0.517. The maximum Gasteiger partial charge on any atom is 0.257 e. The Morgan fingerprint density at radius 1 is 1.16 bits per heavy atom. The molecule has 4 aromatic rings. The summed E-state index contributed by atoms with van der Waals surface area (Å²) in [7, 11) is 0. The summed E-state index contributed by atoms with van der Waals surface area (Å²) in [6.07, 6.45) is 0. The summed E-state index contributed by atoms with van der Waals surface area (Å²) in [6.45, 7) is 1.81. The molecule has 0 aliphatic heterocycles. The monoisotopic (exact) mass is 351 g/mol. The van der Waals surface area contributed by atoms with Gasteiger partial charge in [-0.2, -0.15) is 5.10 Å². The highest BCUT2D eigenvalue weighted by Gasteiger charge is 2.14. The van der Waals surface area contributed by atoms with Crippen molar-refractivity contribution in [3.63, 3.8) is 0 Å². The van der Waals surface area contributed by atoms with Crippen LogP contribution in [-0.4, -0.2) is 26.1 Å². The predicted molar refractivity (Wildman–Crippen MR) is 97.8 cm³/mol. The highest BCUT2D eigenvalue weighted by molar-refractivity contribution is 6.32. The van der Waals surface area contributed by atoms with Crippen molar-refractivity contribution < 1.29 is 4.79 Å². The molecule has 3 N–H and O–H groups in total. The molecule has 0 unspecified atom stereocenters. The summed E-state index contributed by atoms with van der Waals surface area (Å²) in [5, 5.41) is 10.3. The Morgan fingerprint density at radius 3 is 2.84 bits per heavy atom. The van der Waals surface area contributed by atoms with E-state index in [4.69, 9.17) is 11.6 Å². The number of H-pyrrole nitrogens is 2. The van der Waals surface area contributed by atoms with Gasteiger partial charge in [0.1, 0.15) is 5.69 Å². The number of rotatable bonds is 3. The summed E-state index contributed by atoms with van der Waals surface area (Å²) in [5.74, 6) is 0.815. The normalized spacial score (nSPS) is 11.0. The Kier molecular flexibility index (Phi) is 3.74. The van der Waals surface area contributed by atoms with E-state index in [-0.39, 0.29) is 5.91 Å². The van der Waals surface area contributed by atoms with Gasteiger partial charge in [-0.15, -0.1) is 0 Å². The van der Waals surface area contributed by atoms with E-state index < -0.39 is 0 Å². The van der Waals surface area contributed by atoms with Crippen molar-refractivity contribution >= 4 is 34.4 Å². The number of fused-ring (bicyclic) bond motifs is 1. The number of benzene rings is 2. The van der Waals surface area contributed by atoms with Gasteiger partial charge in [-0.05, 0) is 36.8 Å². The first-order valence-electron chi connectivity index (χ1n) is 7.69. The van der Waals surface area contributed by atoms with Crippen molar-refractivity contribution in [2.75, 3.05) is 5.32 Å². The second-order valence-corrected chi connectivity index (χ2v) is 6.04. The Bertz CT molecular complexity index is 1050. The van der Waals surface area contributed by atoms with Crippen LogP contribution in [0.25, 0.3) is 22.6 Å². The Morgan fingerprint density at radius 2 is 2.00 bits per heavy atom. The number of aromatic nitrogens is 4. The minimum Gasteiger partial charge on any atom is -0.337 e. The van der Waals surface area contributed by atoms with Crippen molar-refractivity contribution in [1.29, 1.82) is 0 Å². The lowest BCUT2D eigenvalue weighted by Crippen LogP contribution is -2.13. The van der Waals surface area contributed by atoms with E-state index in [1.165, 1.54) is 0 Å². The van der Waals surface area contributed by atoms with Crippen LogP contribution in [-0.2, 0) is 0 Å². The molecule has 0 spiro atoms. The molecule has 0 aliphatic carbocycles. The smallest absolute Gasteiger partial charge is 0.257 e. The molecule has 7 heteroatoms. The highest BCUT2D eigenvalue weighted by Crippen LogP contribution is 2.22. The van der Waals surface area contributed by atoms with Gasteiger partial charge < -0.3 is 10.3 Å². The van der Waals surface area contributed by atoms with Gasteiger partial charge in [0.05, 0.1) is 11.0 Å². The third-order valence-corrected chi connectivity index (χ3v) is 4.39. The van der Waals surface area contributed by atoms with Crippen LogP contribution in [0.5, 0.6) is 0 Å². The largest absolute Gasteiger partial charge is 0.337 e. The van der Waals surface area contributed by atoms with Crippen molar-refractivity contribution in [3.8, 4) is 11.5 Å². The maximum atomic E-state index is 12.4. The molecule has 1 amide bonds. The molecule has 0 radical (unpaired) electrons. The Balaban J connectivity index is 1.59. The first kappa shape index (κ1) is 15.4. The molecule has 0 fully saturated rings. The number of anilines is 1. The molecule has 0 atom stereocenters. The minimum atomic E-state index is -0.261. The lowest BCUT2D eigenvalue weighted by atomic mass is 10.1. The number of halogens is 1. The molecule has 124 valence electrons. The van der Waals surface area contributed by atoms with E-state index in [1.54, 1.807) is 24.3 Å². The van der Waals surface area contributed by atoms with E-state index in [9.17, 15) is 4.79 Å². The number of carbonyl (C=O) groups excluding carboxylic acids is 1. The number of nitrogens with zero attached hydrogens (tertiary/aromatic N) is 2. The van der Waals surface area contributed by atoms with Crippen molar-refractivity contribution in [1.82, 2.24) is 20.2 Å². The zero-order chi connectivity index (χ0) is 17.4. The maximum absolute atomic E-state index is 12.4. The van der Waals surface area contributed by atoms with E-state index in [1.807, 2.05) is 31.2 Å². The number of para-hydroxylation sites is 2. The standard InChI is InChI=1S/C18H14ClN5O/c1-10-11(5-4-6-12(10)19)18(25)22-16-9-15(23-24-16)17-20-13-7-2-3-8-14(13)21-17/h2-9H,1H3,(H,20,21)(H2,22,23,24,25). The van der Waals surface area contributed by atoms with Crippen LogP contribution in [0.1, 0.15) is 15.9 Å². The van der Waals surface area contributed by atoms with Crippen molar-refractivity contribution in [2.45, 2.75) is 6.92 Å². The number of nitrogens with one attached hydrogen (secondary N) is 3. The third-order valence-electron chi connectivity index (χ3n) is 3.98. The topological polar surface area (TPSA) is 86.5 Å². The molecule has 4 rings (SSSR count). The second kappa shape index (κ2) is 6.07.